The van der Waals surface area contributed by atoms with E-state index in [1.54, 1.807) is 0 Å². The molecule has 1 unspecified atom stereocenters. The molecule has 0 bridgehead atoms. The molecule has 0 aliphatic heterocycles. The molecule has 4 nitrogen and oxygen atoms in total. The Morgan fingerprint density at radius 2 is 2.11 bits per heavy atom. The van der Waals surface area contributed by atoms with E-state index < -0.39 is 28.2 Å². The monoisotopic (exact) mass is 280 g/mol. The van der Waals surface area contributed by atoms with Crippen LogP contribution in [0.3, 0.4) is 0 Å². The number of nitrogens with zero attached hydrogens (tertiary/aromatic N) is 1. The largest absolute Gasteiger partial charge is 0.433 e. The molecule has 1 fully saturated rings. The van der Waals surface area contributed by atoms with Gasteiger partial charge in [0.25, 0.3) is 5.56 Å². The second-order valence-corrected chi connectivity index (χ2v) is 5.77. The van der Waals surface area contributed by atoms with Crippen LogP contribution in [0.1, 0.15) is 24.4 Å². The van der Waals surface area contributed by atoms with Crippen molar-refractivity contribution in [3.8, 4) is 0 Å². The average Bonchev–Trinajstić information content (AvgIpc) is 2.98. The third kappa shape index (κ3) is 3.66. The first-order valence-corrected chi connectivity index (χ1v) is 6.86. The van der Waals surface area contributed by atoms with Crippen LogP contribution in [0.25, 0.3) is 0 Å². The summed E-state index contributed by atoms with van der Waals surface area (Å²) in [6.07, 6.45) is -2.64. The third-order valence-corrected chi connectivity index (χ3v) is 3.94. The first-order valence-electron chi connectivity index (χ1n) is 5.37. The lowest BCUT2D eigenvalue weighted by Gasteiger charge is -2.07. The Morgan fingerprint density at radius 3 is 2.67 bits per heavy atom. The van der Waals surface area contributed by atoms with Gasteiger partial charge in [-0.3, -0.25) is 9.00 Å². The second kappa shape index (κ2) is 4.83. The number of aromatic nitrogens is 2. The lowest BCUT2D eigenvalue weighted by molar-refractivity contribution is -0.141. The van der Waals surface area contributed by atoms with E-state index in [9.17, 15) is 22.2 Å². The van der Waals surface area contributed by atoms with Gasteiger partial charge in [0.2, 0.25) is 0 Å². The lowest BCUT2D eigenvalue weighted by atomic mass is 10.4. The highest BCUT2D eigenvalue weighted by Gasteiger charge is 2.33. The van der Waals surface area contributed by atoms with Crippen LogP contribution in [0.5, 0.6) is 0 Å². The van der Waals surface area contributed by atoms with Crippen LogP contribution in [-0.4, -0.2) is 19.9 Å². The first-order chi connectivity index (χ1) is 8.34. The van der Waals surface area contributed by atoms with Gasteiger partial charge in [-0.1, -0.05) is 0 Å². The Labute approximate surface area is 103 Å². The maximum absolute atomic E-state index is 12.4. The molecule has 0 spiro atoms. The summed E-state index contributed by atoms with van der Waals surface area (Å²) in [5.74, 6) is 0.549. The number of rotatable bonds is 4. The number of hydrogen-bond donors (Lipinski definition) is 1. The molecule has 1 aromatic rings. The van der Waals surface area contributed by atoms with Gasteiger partial charge < -0.3 is 4.98 Å². The molecule has 1 aliphatic rings. The highest BCUT2D eigenvalue weighted by Crippen LogP contribution is 2.30. The molecule has 2 rings (SSSR count). The molecule has 1 saturated carbocycles. The normalized spacial score (nSPS) is 17.7. The van der Waals surface area contributed by atoms with Crippen molar-refractivity contribution >= 4 is 10.8 Å². The molecular weight excluding hydrogens is 269 g/mol. The Balaban J connectivity index is 2.14. The summed E-state index contributed by atoms with van der Waals surface area (Å²) in [6.45, 7) is 0. The van der Waals surface area contributed by atoms with Crippen molar-refractivity contribution in [3.63, 3.8) is 0 Å². The Bertz CT molecular complexity index is 523. The average molecular weight is 280 g/mol. The van der Waals surface area contributed by atoms with Gasteiger partial charge in [-0.2, -0.15) is 13.2 Å². The molecule has 1 atom stereocenters. The topological polar surface area (TPSA) is 62.8 Å². The minimum Gasteiger partial charge on any atom is -0.310 e. The van der Waals surface area contributed by atoms with E-state index in [0.717, 1.165) is 12.8 Å². The predicted octanol–water partition coefficient (Wildman–Crippen LogP) is 1.45. The van der Waals surface area contributed by atoms with Crippen LogP contribution in [0.4, 0.5) is 13.2 Å². The van der Waals surface area contributed by atoms with Crippen molar-refractivity contribution in [1.82, 2.24) is 9.97 Å². The molecule has 1 aliphatic carbocycles. The van der Waals surface area contributed by atoms with Crippen LogP contribution >= 0.6 is 0 Å². The minimum atomic E-state index is -4.67. The smallest absolute Gasteiger partial charge is 0.310 e. The third-order valence-electron chi connectivity index (χ3n) is 2.50. The summed E-state index contributed by atoms with van der Waals surface area (Å²) in [5.41, 5.74) is -2.12. The maximum Gasteiger partial charge on any atom is 0.433 e. The quantitative estimate of drug-likeness (QED) is 0.908. The van der Waals surface area contributed by atoms with E-state index in [1.165, 1.54) is 0 Å². The summed E-state index contributed by atoms with van der Waals surface area (Å²) in [6, 6.07) is 0.396. The highest BCUT2D eigenvalue weighted by atomic mass is 32.2. The van der Waals surface area contributed by atoms with Crippen molar-refractivity contribution in [3.05, 3.63) is 27.9 Å². The van der Waals surface area contributed by atoms with Crippen molar-refractivity contribution in [2.45, 2.75) is 24.8 Å². The molecule has 8 heteroatoms. The van der Waals surface area contributed by atoms with Gasteiger partial charge in [0.1, 0.15) is 5.82 Å². The first kappa shape index (κ1) is 13.3. The molecule has 0 radical (unpaired) electrons. The van der Waals surface area contributed by atoms with Gasteiger partial charge in [0, 0.05) is 22.6 Å². The predicted molar refractivity (Wildman–Crippen MR) is 59.3 cm³/mol. The molecule has 100 valence electrons. The summed E-state index contributed by atoms with van der Waals surface area (Å²) in [7, 11) is -1.28. The number of halogens is 3. The minimum absolute atomic E-state index is 0.143. The van der Waals surface area contributed by atoms with E-state index in [4.69, 9.17) is 0 Å². The fourth-order valence-electron chi connectivity index (χ4n) is 1.48. The lowest BCUT2D eigenvalue weighted by Crippen LogP contribution is -2.19. The fourth-order valence-corrected chi connectivity index (χ4v) is 2.90. The maximum atomic E-state index is 12.4. The van der Waals surface area contributed by atoms with Crippen molar-refractivity contribution in [1.29, 1.82) is 0 Å². The standard InChI is InChI=1S/C10H11F3N2O2S/c11-10(12,13)7-3-9(16)15-8(14-7)5-18(17)4-6-1-2-6/h3,6H,1-2,4-5H2,(H,14,15,16). The van der Waals surface area contributed by atoms with E-state index in [2.05, 4.69) is 9.97 Å². The van der Waals surface area contributed by atoms with Crippen molar-refractivity contribution < 1.29 is 17.4 Å². The summed E-state index contributed by atoms with van der Waals surface area (Å²) < 4.78 is 48.8. The molecule has 1 N–H and O–H groups in total. The van der Waals surface area contributed by atoms with Gasteiger partial charge in [0.15, 0.2) is 5.69 Å². The Hall–Kier alpha value is -1.18. The zero-order chi connectivity index (χ0) is 13.3. The number of hydrogen-bond acceptors (Lipinski definition) is 3. The Kier molecular flexibility index (Phi) is 3.56. The van der Waals surface area contributed by atoms with Gasteiger partial charge >= 0.3 is 6.18 Å². The summed E-state index contributed by atoms with van der Waals surface area (Å²) in [5, 5.41) is 0. The number of alkyl halides is 3. The van der Waals surface area contributed by atoms with Crippen molar-refractivity contribution in [2.75, 3.05) is 5.75 Å². The van der Waals surface area contributed by atoms with Gasteiger partial charge in [-0.05, 0) is 18.8 Å². The molecule has 1 heterocycles. The molecule has 18 heavy (non-hydrogen) atoms. The van der Waals surface area contributed by atoms with Crippen molar-refractivity contribution in [2.24, 2.45) is 5.92 Å². The molecule has 0 aromatic carbocycles. The molecular formula is C10H11F3N2O2S. The number of H-pyrrole nitrogens is 1. The number of aromatic amines is 1. The highest BCUT2D eigenvalue weighted by molar-refractivity contribution is 7.84. The van der Waals surface area contributed by atoms with Crippen LogP contribution in [0.2, 0.25) is 0 Å². The Morgan fingerprint density at radius 1 is 1.44 bits per heavy atom. The van der Waals surface area contributed by atoms with Gasteiger partial charge in [0.05, 0.1) is 5.75 Å². The van der Waals surface area contributed by atoms with Crippen LogP contribution in [-0.2, 0) is 22.7 Å². The zero-order valence-electron chi connectivity index (χ0n) is 9.29. The van der Waals surface area contributed by atoms with Crippen LogP contribution in [0.15, 0.2) is 10.9 Å². The van der Waals surface area contributed by atoms with E-state index in [-0.39, 0.29) is 11.6 Å². The SMILES string of the molecule is O=c1cc(C(F)(F)F)nc(CS(=O)CC2CC2)[nH]1. The zero-order valence-corrected chi connectivity index (χ0v) is 10.1. The fraction of sp³-hybridized carbons (Fsp3) is 0.600. The second-order valence-electron chi connectivity index (χ2n) is 4.27. The molecule has 0 amide bonds. The van der Waals surface area contributed by atoms with Crippen LogP contribution in [0, 0.1) is 5.92 Å². The number of nitrogens with one attached hydrogen (secondary N) is 1. The summed E-state index contributed by atoms with van der Waals surface area (Å²) >= 11 is 0. The van der Waals surface area contributed by atoms with Crippen LogP contribution < -0.4 is 5.56 Å². The van der Waals surface area contributed by atoms with E-state index >= 15 is 0 Å². The van der Waals surface area contributed by atoms with E-state index in [0.29, 0.717) is 17.7 Å². The summed E-state index contributed by atoms with van der Waals surface area (Å²) in [4.78, 5) is 16.6. The molecule has 1 aromatic heterocycles. The van der Waals surface area contributed by atoms with E-state index in [1.807, 2.05) is 0 Å². The van der Waals surface area contributed by atoms with Gasteiger partial charge in [-0.25, -0.2) is 4.98 Å². The van der Waals surface area contributed by atoms with Gasteiger partial charge in [-0.15, -0.1) is 0 Å². The molecule has 0 saturated heterocycles.